The van der Waals surface area contributed by atoms with E-state index in [0.29, 0.717) is 29.8 Å². The van der Waals surface area contributed by atoms with Gasteiger partial charge in [-0.2, -0.15) is 0 Å². The van der Waals surface area contributed by atoms with E-state index in [0.717, 1.165) is 0 Å². The van der Waals surface area contributed by atoms with Crippen molar-refractivity contribution < 1.29 is 19.1 Å². The Bertz CT molecular complexity index is 746. The van der Waals surface area contributed by atoms with Gasteiger partial charge in [-0.25, -0.2) is 0 Å². The third-order valence-corrected chi connectivity index (χ3v) is 5.32. The summed E-state index contributed by atoms with van der Waals surface area (Å²) in [5.41, 5.74) is 5.18. The number of aldehydes is 1. The standard InChI is InChI=1S/C18H24ClN5O4/c1-21-18(20,10-25)9-22-13-8-28-15-7-6-14(24(15)17(13)27)16(26)23-12-4-2-11(19)3-5-12/h2-5,10,13-15,21-22H,6-9,20H2,1H3,(H,23,26)/t13-,14?,15-,18+/m0/s1. The van der Waals surface area contributed by atoms with E-state index in [4.69, 9.17) is 22.1 Å². The van der Waals surface area contributed by atoms with Gasteiger partial charge in [0.15, 0.2) is 6.29 Å². The molecule has 1 unspecified atom stereocenters. The molecule has 2 aliphatic heterocycles. The van der Waals surface area contributed by atoms with Crippen LogP contribution in [0, 0.1) is 0 Å². The lowest BCUT2D eigenvalue weighted by Gasteiger charge is -2.38. The molecule has 10 heteroatoms. The summed E-state index contributed by atoms with van der Waals surface area (Å²) in [6, 6.07) is 5.44. The van der Waals surface area contributed by atoms with Crippen molar-refractivity contribution in [1.82, 2.24) is 15.5 Å². The molecule has 9 nitrogen and oxygen atoms in total. The Morgan fingerprint density at radius 3 is 2.75 bits per heavy atom. The Balaban J connectivity index is 1.65. The summed E-state index contributed by atoms with van der Waals surface area (Å²) in [4.78, 5) is 38.3. The highest BCUT2D eigenvalue weighted by atomic mass is 35.5. The molecule has 2 amide bonds. The van der Waals surface area contributed by atoms with E-state index in [9.17, 15) is 14.4 Å². The van der Waals surface area contributed by atoms with Crippen LogP contribution in [0.2, 0.25) is 5.02 Å². The summed E-state index contributed by atoms with van der Waals surface area (Å²) in [5.74, 6) is -0.520. The average molecular weight is 410 g/mol. The largest absolute Gasteiger partial charge is 0.356 e. The Hall–Kier alpha value is -2.04. The number of nitrogens with two attached hydrogens (primary N) is 1. The molecule has 28 heavy (non-hydrogen) atoms. The van der Waals surface area contributed by atoms with Crippen LogP contribution in [0.3, 0.4) is 0 Å². The van der Waals surface area contributed by atoms with Gasteiger partial charge in [-0.3, -0.25) is 19.7 Å². The highest BCUT2D eigenvalue weighted by molar-refractivity contribution is 6.30. The summed E-state index contributed by atoms with van der Waals surface area (Å²) in [6.07, 6.45) is 1.25. The summed E-state index contributed by atoms with van der Waals surface area (Å²) in [6.45, 7) is 0.205. The number of rotatable bonds is 7. The Kier molecular flexibility index (Phi) is 6.31. The molecule has 0 spiro atoms. The summed E-state index contributed by atoms with van der Waals surface area (Å²) in [5, 5.41) is 9.04. The van der Waals surface area contributed by atoms with E-state index < -0.39 is 24.0 Å². The topological polar surface area (TPSA) is 126 Å². The Labute approximate surface area is 167 Å². The summed E-state index contributed by atoms with van der Waals surface area (Å²) >= 11 is 5.86. The second-order valence-electron chi connectivity index (χ2n) is 6.96. The van der Waals surface area contributed by atoms with Crippen molar-refractivity contribution in [2.45, 2.75) is 36.8 Å². The molecule has 2 saturated heterocycles. The second-order valence-corrected chi connectivity index (χ2v) is 7.40. The number of hydrogen-bond donors (Lipinski definition) is 4. The van der Waals surface area contributed by atoms with Crippen LogP contribution in [-0.4, -0.2) is 67.2 Å². The van der Waals surface area contributed by atoms with E-state index >= 15 is 0 Å². The van der Waals surface area contributed by atoms with Crippen LogP contribution >= 0.6 is 11.6 Å². The van der Waals surface area contributed by atoms with Crippen molar-refractivity contribution in [2.75, 3.05) is 25.5 Å². The van der Waals surface area contributed by atoms with E-state index in [2.05, 4.69) is 16.0 Å². The molecule has 5 N–H and O–H groups in total. The second kappa shape index (κ2) is 8.54. The molecule has 2 heterocycles. The number of anilines is 1. The highest BCUT2D eigenvalue weighted by Crippen LogP contribution is 2.30. The molecule has 4 atom stereocenters. The number of carbonyl (C=O) groups is 3. The van der Waals surface area contributed by atoms with Gasteiger partial charge in [0.05, 0.1) is 6.61 Å². The number of hydrogen-bond acceptors (Lipinski definition) is 7. The molecule has 1 aromatic rings. The van der Waals surface area contributed by atoms with Gasteiger partial charge in [-0.05, 0) is 44.2 Å². The van der Waals surface area contributed by atoms with E-state index in [-0.39, 0.29) is 25.0 Å². The van der Waals surface area contributed by atoms with Crippen molar-refractivity contribution in [2.24, 2.45) is 5.73 Å². The molecular formula is C18H24ClN5O4. The van der Waals surface area contributed by atoms with Crippen LogP contribution in [0.1, 0.15) is 12.8 Å². The highest BCUT2D eigenvalue weighted by Gasteiger charge is 2.47. The zero-order chi connectivity index (χ0) is 20.3. The predicted octanol–water partition coefficient (Wildman–Crippen LogP) is -0.343. The van der Waals surface area contributed by atoms with E-state index in [1.54, 1.807) is 31.3 Å². The lowest BCUT2D eigenvalue weighted by Crippen LogP contribution is -2.65. The Morgan fingerprint density at radius 2 is 2.11 bits per heavy atom. The first kappa shape index (κ1) is 20.7. The van der Waals surface area contributed by atoms with Gasteiger partial charge in [-0.15, -0.1) is 0 Å². The molecule has 0 saturated carbocycles. The van der Waals surface area contributed by atoms with Crippen molar-refractivity contribution >= 4 is 35.4 Å². The average Bonchev–Trinajstić information content (AvgIpc) is 3.14. The van der Waals surface area contributed by atoms with Gasteiger partial charge in [0, 0.05) is 17.3 Å². The van der Waals surface area contributed by atoms with Crippen molar-refractivity contribution in [3.63, 3.8) is 0 Å². The van der Waals surface area contributed by atoms with E-state index in [1.807, 2.05) is 0 Å². The fraction of sp³-hybridized carbons (Fsp3) is 0.500. The zero-order valence-corrected chi connectivity index (χ0v) is 16.2. The minimum atomic E-state index is -1.28. The summed E-state index contributed by atoms with van der Waals surface area (Å²) in [7, 11) is 1.56. The monoisotopic (exact) mass is 409 g/mol. The molecule has 0 bridgehead atoms. The number of nitrogens with one attached hydrogen (secondary N) is 3. The van der Waals surface area contributed by atoms with Crippen molar-refractivity contribution in [3.8, 4) is 0 Å². The maximum atomic E-state index is 12.9. The van der Waals surface area contributed by atoms with Crippen LogP contribution < -0.4 is 21.7 Å². The maximum Gasteiger partial charge on any atom is 0.247 e. The zero-order valence-electron chi connectivity index (χ0n) is 15.5. The quantitative estimate of drug-likeness (QED) is 0.358. The molecule has 3 rings (SSSR count). The number of amides is 2. The number of likely N-dealkylation sites (N-methyl/N-ethyl adjacent to an activating group) is 1. The fourth-order valence-electron chi connectivity index (χ4n) is 3.34. The fourth-order valence-corrected chi connectivity index (χ4v) is 3.47. The minimum Gasteiger partial charge on any atom is -0.356 e. The number of carbonyl (C=O) groups excluding carboxylic acids is 3. The number of halogens is 1. The molecule has 2 fully saturated rings. The SMILES string of the molecule is CN[C@@](N)(C=O)CN[C@H]1CO[C@H]2CCC(C(=O)Nc3ccc(Cl)cc3)N2C1=O. The lowest BCUT2D eigenvalue weighted by atomic mass is 10.1. The molecular weight excluding hydrogens is 386 g/mol. The molecule has 0 radical (unpaired) electrons. The number of nitrogens with zero attached hydrogens (tertiary/aromatic N) is 1. The van der Waals surface area contributed by atoms with Gasteiger partial charge < -0.3 is 26.0 Å². The third kappa shape index (κ3) is 4.34. The van der Waals surface area contributed by atoms with Gasteiger partial charge in [-0.1, -0.05) is 11.6 Å². The first-order chi connectivity index (χ1) is 13.4. The predicted molar refractivity (Wildman–Crippen MR) is 104 cm³/mol. The van der Waals surface area contributed by atoms with Crippen molar-refractivity contribution in [3.05, 3.63) is 29.3 Å². The minimum absolute atomic E-state index is 0.0485. The molecule has 152 valence electrons. The van der Waals surface area contributed by atoms with Crippen LogP contribution in [0.4, 0.5) is 5.69 Å². The van der Waals surface area contributed by atoms with Crippen LogP contribution in [0.15, 0.2) is 24.3 Å². The maximum absolute atomic E-state index is 12.9. The van der Waals surface area contributed by atoms with Gasteiger partial charge in [0.25, 0.3) is 0 Å². The first-order valence-electron chi connectivity index (χ1n) is 9.04. The Morgan fingerprint density at radius 1 is 1.39 bits per heavy atom. The normalized spacial score (nSPS) is 26.5. The molecule has 1 aromatic carbocycles. The van der Waals surface area contributed by atoms with Crippen LogP contribution in [-0.2, 0) is 19.1 Å². The number of benzene rings is 1. The lowest BCUT2D eigenvalue weighted by molar-refractivity contribution is -0.165. The van der Waals surface area contributed by atoms with E-state index in [1.165, 1.54) is 4.90 Å². The van der Waals surface area contributed by atoms with Crippen LogP contribution in [0.5, 0.6) is 0 Å². The molecule has 0 aliphatic carbocycles. The van der Waals surface area contributed by atoms with Gasteiger partial charge in [0.2, 0.25) is 11.8 Å². The van der Waals surface area contributed by atoms with Crippen molar-refractivity contribution in [1.29, 1.82) is 0 Å². The van der Waals surface area contributed by atoms with Gasteiger partial charge in [0.1, 0.15) is 24.0 Å². The van der Waals surface area contributed by atoms with Gasteiger partial charge >= 0.3 is 0 Å². The smallest absolute Gasteiger partial charge is 0.247 e. The number of fused-ring (bicyclic) bond motifs is 1. The molecule has 2 aliphatic rings. The molecule has 0 aromatic heterocycles. The third-order valence-electron chi connectivity index (χ3n) is 5.07. The summed E-state index contributed by atoms with van der Waals surface area (Å²) < 4.78 is 5.76. The first-order valence-corrected chi connectivity index (χ1v) is 9.42. The van der Waals surface area contributed by atoms with Crippen LogP contribution in [0.25, 0.3) is 0 Å². The number of ether oxygens (including phenoxy) is 1.